The summed E-state index contributed by atoms with van der Waals surface area (Å²) in [6.45, 7) is 3.92. The number of terminal acetylenes is 1. The number of benzene rings is 1. The Kier molecular flexibility index (Phi) is 2.28. The molecule has 0 saturated carbocycles. The molecule has 0 spiro atoms. The van der Waals surface area contributed by atoms with Crippen molar-refractivity contribution >= 4 is 21.8 Å². The van der Waals surface area contributed by atoms with Gasteiger partial charge in [-0.1, -0.05) is 24.1 Å². The summed E-state index contributed by atoms with van der Waals surface area (Å²) in [5, 5.41) is 2.15. The van der Waals surface area contributed by atoms with Crippen LogP contribution in [0.5, 0.6) is 0 Å². The van der Waals surface area contributed by atoms with Crippen LogP contribution in [0.4, 0.5) is 0 Å². The fourth-order valence-electron chi connectivity index (χ4n) is 2.15. The Labute approximate surface area is 106 Å². The Morgan fingerprint density at radius 1 is 0.944 bits per heavy atom. The van der Waals surface area contributed by atoms with Crippen LogP contribution in [-0.2, 0) is 0 Å². The lowest BCUT2D eigenvalue weighted by Crippen LogP contribution is -1.92. The van der Waals surface area contributed by atoms with E-state index in [1.807, 2.05) is 32.0 Å². The summed E-state index contributed by atoms with van der Waals surface area (Å²) in [5.41, 5.74) is 4.58. The average molecular weight is 232 g/mol. The van der Waals surface area contributed by atoms with Crippen LogP contribution < -0.4 is 0 Å². The highest BCUT2D eigenvalue weighted by molar-refractivity contribution is 6.03. The molecule has 0 fully saturated rings. The molecule has 2 heteroatoms. The zero-order chi connectivity index (χ0) is 12.7. The van der Waals surface area contributed by atoms with Gasteiger partial charge in [0.25, 0.3) is 0 Å². The van der Waals surface area contributed by atoms with Crippen molar-refractivity contribution in [1.82, 2.24) is 9.97 Å². The summed E-state index contributed by atoms with van der Waals surface area (Å²) in [6.07, 6.45) is 5.47. The monoisotopic (exact) mass is 232 g/mol. The third-order valence-electron chi connectivity index (χ3n) is 3.13. The SMILES string of the molecule is C#Cc1cc2ccc3ccc(C)nc3c2nc1C. The first kappa shape index (κ1) is 10.7. The van der Waals surface area contributed by atoms with Gasteiger partial charge < -0.3 is 0 Å². The molecule has 0 radical (unpaired) electrons. The highest BCUT2D eigenvalue weighted by Gasteiger charge is 2.06. The van der Waals surface area contributed by atoms with Gasteiger partial charge in [-0.05, 0) is 26.0 Å². The van der Waals surface area contributed by atoms with Crippen LogP contribution in [0.1, 0.15) is 17.0 Å². The zero-order valence-electron chi connectivity index (χ0n) is 10.4. The molecule has 0 N–H and O–H groups in total. The van der Waals surface area contributed by atoms with Gasteiger partial charge in [0.1, 0.15) is 0 Å². The second-order valence-corrected chi connectivity index (χ2v) is 4.43. The first-order valence-corrected chi connectivity index (χ1v) is 5.83. The summed E-state index contributed by atoms with van der Waals surface area (Å²) in [6, 6.07) is 10.2. The maximum absolute atomic E-state index is 5.47. The van der Waals surface area contributed by atoms with Crippen LogP contribution in [0.15, 0.2) is 30.3 Å². The quantitative estimate of drug-likeness (QED) is 0.438. The smallest absolute Gasteiger partial charge is 0.0968 e. The van der Waals surface area contributed by atoms with Crippen LogP contribution in [0, 0.1) is 26.2 Å². The molecular weight excluding hydrogens is 220 g/mol. The molecule has 0 aliphatic rings. The molecule has 2 heterocycles. The first-order chi connectivity index (χ1) is 8.69. The minimum atomic E-state index is 0.842. The van der Waals surface area contributed by atoms with Crippen molar-refractivity contribution in [2.45, 2.75) is 13.8 Å². The van der Waals surface area contributed by atoms with E-state index in [0.717, 1.165) is 38.8 Å². The standard InChI is InChI=1S/C16H12N2/c1-4-12-9-14-8-7-13-6-5-10(2)17-15(13)16(14)18-11(12)3/h1,5-9H,2-3H3. The third kappa shape index (κ3) is 1.53. The molecule has 3 aromatic rings. The zero-order valence-corrected chi connectivity index (χ0v) is 10.4. The fourth-order valence-corrected chi connectivity index (χ4v) is 2.15. The molecule has 0 unspecified atom stereocenters. The van der Waals surface area contributed by atoms with E-state index in [2.05, 4.69) is 28.0 Å². The Morgan fingerprint density at radius 3 is 2.39 bits per heavy atom. The van der Waals surface area contributed by atoms with Gasteiger partial charge in [-0.3, -0.25) is 4.98 Å². The summed E-state index contributed by atoms with van der Waals surface area (Å²) in [5.74, 6) is 2.66. The van der Waals surface area contributed by atoms with Crippen molar-refractivity contribution < 1.29 is 0 Å². The maximum atomic E-state index is 5.47. The van der Waals surface area contributed by atoms with Crippen LogP contribution in [0.25, 0.3) is 21.8 Å². The minimum absolute atomic E-state index is 0.842. The highest BCUT2D eigenvalue weighted by atomic mass is 14.8. The van der Waals surface area contributed by atoms with Crippen molar-refractivity contribution in [2.75, 3.05) is 0 Å². The number of hydrogen-bond acceptors (Lipinski definition) is 2. The molecule has 2 nitrogen and oxygen atoms in total. The third-order valence-corrected chi connectivity index (χ3v) is 3.13. The molecule has 2 aromatic heterocycles. The molecule has 86 valence electrons. The number of pyridine rings is 2. The largest absolute Gasteiger partial charge is 0.251 e. The normalized spacial score (nSPS) is 10.7. The van der Waals surface area contributed by atoms with Crippen LogP contribution in [0.2, 0.25) is 0 Å². The number of rotatable bonds is 0. The second kappa shape index (κ2) is 3.82. The summed E-state index contributed by atoms with van der Waals surface area (Å²) in [4.78, 5) is 9.20. The predicted octanol–water partition coefficient (Wildman–Crippen LogP) is 3.38. The van der Waals surface area contributed by atoms with E-state index < -0.39 is 0 Å². The van der Waals surface area contributed by atoms with Crippen LogP contribution in [0.3, 0.4) is 0 Å². The Hall–Kier alpha value is -2.40. The van der Waals surface area contributed by atoms with E-state index in [1.54, 1.807) is 0 Å². The number of nitrogens with zero attached hydrogens (tertiary/aromatic N) is 2. The van der Waals surface area contributed by atoms with E-state index in [-0.39, 0.29) is 0 Å². The van der Waals surface area contributed by atoms with Gasteiger partial charge in [0, 0.05) is 22.0 Å². The number of fused-ring (bicyclic) bond motifs is 3. The Balaban J connectivity index is 2.51. The van der Waals surface area contributed by atoms with Crippen molar-refractivity contribution in [1.29, 1.82) is 0 Å². The van der Waals surface area contributed by atoms with E-state index in [4.69, 9.17) is 6.42 Å². The average Bonchev–Trinajstić information content (AvgIpc) is 2.38. The van der Waals surface area contributed by atoms with Crippen molar-refractivity contribution in [3.8, 4) is 12.3 Å². The fraction of sp³-hybridized carbons (Fsp3) is 0.125. The molecule has 1 aromatic carbocycles. The van der Waals surface area contributed by atoms with Crippen molar-refractivity contribution in [2.24, 2.45) is 0 Å². The summed E-state index contributed by atoms with van der Waals surface area (Å²) in [7, 11) is 0. The highest BCUT2D eigenvalue weighted by Crippen LogP contribution is 2.24. The van der Waals surface area contributed by atoms with Gasteiger partial charge in [-0.2, -0.15) is 0 Å². The second-order valence-electron chi connectivity index (χ2n) is 4.43. The number of aryl methyl sites for hydroxylation is 2. The van der Waals surface area contributed by atoms with Gasteiger partial charge in [0.15, 0.2) is 0 Å². The van der Waals surface area contributed by atoms with Crippen LogP contribution in [-0.4, -0.2) is 9.97 Å². The molecule has 0 atom stereocenters. The van der Waals surface area contributed by atoms with Gasteiger partial charge >= 0.3 is 0 Å². The van der Waals surface area contributed by atoms with E-state index >= 15 is 0 Å². The lowest BCUT2D eigenvalue weighted by atomic mass is 10.1. The van der Waals surface area contributed by atoms with Gasteiger partial charge in [-0.15, -0.1) is 6.42 Å². The predicted molar refractivity (Wildman–Crippen MR) is 74.5 cm³/mol. The lowest BCUT2D eigenvalue weighted by Gasteiger charge is -2.06. The topological polar surface area (TPSA) is 25.8 Å². The molecule has 0 amide bonds. The Bertz CT molecular complexity index is 811. The van der Waals surface area contributed by atoms with E-state index in [9.17, 15) is 0 Å². The van der Waals surface area contributed by atoms with E-state index in [0.29, 0.717) is 0 Å². The molecule has 18 heavy (non-hydrogen) atoms. The molecule has 0 aliphatic carbocycles. The van der Waals surface area contributed by atoms with Crippen LogP contribution >= 0.6 is 0 Å². The molecular formula is C16H12N2. The van der Waals surface area contributed by atoms with Crippen molar-refractivity contribution in [3.05, 3.63) is 47.3 Å². The summed E-state index contributed by atoms with van der Waals surface area (Å²) >= 11 is 0. The lowest BCUT2D eigenvalue weighted by molar-refractivity contribution is 1.22. The number of hydrogen-bond donors (Lipinski definition) is 0. The van der Waals surface area contributed by atoms with Gasteiger partial charge in [-0.25, -0.2) is 4.98 Å². The molecule has 0 aliphatic heterocycles. The first-order valence-electron chi connectivity index (χ1n) is 5.83. The summed E-state index contributed by atoms with van der Waals surface area (Å²) < 4.78 is 0. The molecule has 3 rings (SSSR count). The van der Waals surface area contributed by atoms with Gasteiger partial charge in [0.2, 0.25) is 0 Å². The minimum Gasteiger partial charge on any atom is -0.251 e. The van der Waals surface area contributed by atoms with Gasteiger partial charge in [0.05, 0.1) is 16.7 Å². The number of aromatic nitrogens is 2. The van der Waals surface area contributed by atoms with Crippen molar-refractivity contribution in [3.63, 3.8) is 0 Å². The molecule has 0 bridgehead atoms. The maximum Gasteiger partial charge on any atom is 0.0968 e. The molecule has 0 saturated heterocycles. The van der Waals surface area contributed by atoms with E-state index in [1.165, 1.54) is 0 Å². The Morgan fingerprint density at radius 2 is 1.61 bits per heavy atom.